The van der Waals surface area contributed by atoms with Crippen molar-refractivity contribution in [2.75, 3.05) is 0 Å². The fraction of sp³-hybridized carbons (Fsp3) is 0.450. The van der Waals surface area contributed by atoms with E-state index < -0.39 is 6.10 Å². The van der Waals surface area contributed by atoms with Crippen LogP contribution in [0.4, 0.5) is 0 Å². The van der Waals surface area contributed by atoms with Gasteiger partial charge in [-0.1, -0.05) is 49.8 Å². The van der Waals surface area contributed by atoms with Crippen molar-refractivity contribution >= 4 is 11.9 Å². The molecular formula is C20H28N2O. The number of allylic oxidation sites excluding steroid dienone is 3. The molecule has 0 aliphatic heterocycles. The number of aliphatic hydroxyl groups is 1. The minimum atomic E-state index is -0.715. The normalized spacial score (nSPS) is 19.1. The fourth-order valence-corrected chi connectivity index (χ4v) is 3.39. The van der Waals surface area contributed by atoms with Crippen LogP contribution in [0, 0.1) is 10.8 Å². The van der Waals surface area contributed by atoms with Crippen LogP contribution in [0.5, 0.6) is 0 Å². The van der Waals surface area contributed by atoms with E-state index in [9.17, 15) is 5.11 Å². The molecule has 0 saturated heterocycles. The lowest BCUT2D eigenvalue weighted by molar-refractivity contribution is 0.186. The minimum Gasteiger partial charge on any atom is -0.388 e. The first-order valence-corrected chi connectivity index (χ1v) is 8.29. The van der Waals surface area contributed by atoms with Crippen molar-refractivity contribution in [3.8, 4) is 0 Å². The molecule has 1 aromatic rings. The number of aliphatic hydroxyl groups excluding tert-OH is 1. The maximum atomic E-state index is 10.1. The molecule has 0 radical (unpaired) electrons. The van der Waals surface area contributed by atoms with Crippen molar-refractivity contribution < 1.29 is 5.11 Å². The number of rotatable bonds is 5. The molecule has 4 N–H and O–H groups in total. The minimum absolute atomic E-state index is 0.00295. The molecule has 1 unspecified atom stereocenters. The third kappa shape index (κ3) is 4.55. The Hall–Kier alpha value is -1.87. The summed E-state index contributed by atoms with van der Waals surface area (Å²) in [6.07, 6.45) is 7.48. The predicted molar refractivity (Wildman–Crippen MR) is 97.3 cm³/mol. The van der Waals surface area contributed by atoms with Gasteiger partial charge in [0, 0.05) is 6.42 Å². The summed E-state index contributed by atoms with van der Waals surface area (Å²) in [4.78, 5) is 0. The molecule has 0 amide bonds. The second-order valence-electron chi connectivity index (χ2n) is 7.18. The molecule has 2 rings (SSSR count). The molecule has 3 nitrogen and oxygen atoms in total. The predicted octanol–water partition coefficient (Wildman–Crippen LogP) is 4.59. The average molecular weight is 312 g/mol. The van der Waals surface area contributed by atoms with E-state index in [-0.39, 0.29) is 17.7 Å². The molecule has 0 aromatic heterocycles. The number of hydrogen-bond acceptors (Lipinski definition) is 2. The van der Waals surface area contributed by atoms with Gasteiger partial charge in [0.05, 0.1) is 11.9 Å². The number of hydrogen-bond donors (Lipinski definition) is 3. The van der Waals surface area contributed by atoms with E-state index in [4.69, 9.17) is 11.1 Å². The van der Waals surface area contributed by atoms with Gasteiger partial charge >= 0.3 is 0 Å². The first kappa shape index (κ1) is 17.5. The summed E-state index contributed by atoms with van der Waals surface area (Å²) in [5.74, 6) is 0.00295. The molecule has 0 saturated carbocycles. The van der Waals surface area contributed by atoms with Gasteiger partial charge in [-0.25, -0.2) is 0 Å². The van der Waals surface area contributed by atoms with Crippen molar-refractivity contribution in [2.45, 2.75) is 52.6 Å². The van der Waals surface area contributed by atoms with E-state index >= 15 is 0 Å². The molecule has 124 valence electrons. The standard InChI is InChI=1S/C20H28N2O/c1-14-6-5-11-20(2,3)17(14)10-9-15-7-4-8-16(12-15)18(23)13-19(21)22/h4,7-10,12,18,23H,5-6,11,13H2,1-3H3,(H3,21,22). The SMILES string of the molecule is CC1=C(C=Cc2cccc(C(O)CC(=N)N)c2)C(C)(C)CCC1. The monoisotopic (exact) mass is 312 g/mol. The Morgan fingerprint density at radius 1 is 1.39 bits per heavy atom. The van der Waals surface area contributed by atoms with Crippen LogP contribution in [-0.4, -0.2) is 10.9 Å². The summed E-state index contributed by atoms with van der Waals surface area (Å²) in [7, 11) is 0. The fourth-order valence-electron chi connectivity index (χ4n) is 3.39. The van der Waals surface area contributed by atoms with Crippen LogP contribution >= 0.6 is 0 Å². The Bertz CT molecular complexity index is 641. The van der Waals surface area contributed by atoms with Crippen LogP contribution in [-0.2, 0) is 0 Å². The second-order valence-corrected chi connectivity index (χ2v) is 7.18. The van der Waals surface area contributed by atoms with Crippen LogP contribution in [0.3, 0.4) is 0 Å². The molecule has 1 aliphatic rings. The highest BCUT2D eigenvalue weighted by Gasteiger charge is 2.26. The molecule has 1 aliphatic carbocycles. The molecular weight excluding hydrogens is 284 g/mol. The summed E-state index contributed by atoms with van der Waals surface area (Å²) in [6, 6.07) is 7.81. The highest BCUT2D eigenvalue weighted by molar-refractivity contribution is 5.77. The van der Waals surface area contributed by atoms with E-state index in [2.05, 4.69) is 32.9 Å². The van der Waals surface area contributed by atoms with E-state index in [1.165, 1.54) is 30.4 Å². The largest absolute Gasteiger partial charge is 0.388 e. The van der Waals surface area contributed by atoms with Gasteiger partial charge in [0.2, 0.25) is 0 Å². The summed E-state index contributed by atoms with van der Waals surface area (Å²) in [5, 5.41) is 17.4. The van der Waals surface area contributed by atoms with Crippen molar-refractivity contribution in [1.82, 2.24) is 0 Å². The van der Waals surface area contributed by atoms with E-state index in [0.717, 1.165) is 11.1 Å². The van der Waals surface area contributed by atoms with Gasteiger partial charge in [0.15, 0.2) is 0 Å². The maximum Gasteiger partial charge on any atom is 0.0934 e. The summed E-state index contributed by atoms with van der Waals surface area (Å²) in [5.41, 5.74) is 10.4. The Labute approximate surface area is 139 Å². The Balaban J connectivity index is 2.22. The van der Waals surface area contributed by atoms with Crippen LogP contribution < -0.4 is 5.73 Å². The van der Waals surface area contributed by atoms with E-state index in [1.54, 1.807) is 0 Å². The van der Waals surface area contributed by atoms with Gasteiger partial charge in [0.1, 0.15) is 0 Å². The molecule has 0 fully saturated rings. The van der Waals surface area contributed by atoms with Crippen LogP contribution in [0.2, 0.25) is 0 Å². The van der Waals surface area contributed by atoms with E-state index in [0.29, 0.717) is 0 Å². The molecule has 23 heavy (non-hydrogen) atoms. The smallest absolute Gasteiger partial charge is 0.0934 e. The number of amidine groups is 1. The first-order chi connectivity index (χ1) is 10.8. The zero-order valence-corrected chi connectivity index (χ0v) is 14.4. The van der Waals surface area contributed by atoms with Gasteiger partial charge < -0.3 is 10.8 Å². The Kier molecular flexibility index (Phi) is 5.42. The van der Waals surface area contributed by atoms with Crippen LogP contribution in [0.15, 0.2) is 41.5 Å². The van der Waals surface area contributed by atoms with Gasteiger partial charge in [-0.2, -0.15) is 0 Å². The lowest BCUT2D eigenvalue weighted by atomic mass is 9.72. The molecule has 0 heterocycles. The summed E-state index contributed by atoms with van der Waals surface area (Å²) in [6.45, 7) is 6.85. The molecule has 3 heteroatoms. The molecule has 1 aromatic carbocycles. The highest BCUT2D eigenvalue weighted by atomic mass is 16.3. The third-order valence-corrected chi connectivity index (χ3v) is 4.69. The lowest BCUT2D eigenvalue weighted by Crippen LogP contribution is -2.18. The van der Waals surface area contributed by atoms with Gasteiger partial charge in [0.25, 0.3) is 0 Å². The van der Waals surface area contributed by atoms with Gasteiger partial charge in [-0.15, -0.1) is 0 Å². The molecule has 1 atom stereocenters. The lowest BCUT2D eigenvalue weighted by Gasteiger charge is -2.32. The number of nitrogens with two attached hydrogens (primary N) is 1. The van der Waals surface area contributed by atoms with Gasteiger partial charge in [-0.3, -0.25) is 5.41 Å². The van der Waals surface area contributed by atoms with Gasteiger partial charge in [-0.05, 0) is 54.4 Å². The zero-order valence-electron chi connectivity index (χ0n) is 14.4. The quantitative estimate of drug-likeness (QED) is 0.550. The van der Waals surface area contributed by atoms with Crippen molar-refractivity contribution in [1.29, 1.82) is 5.41 Å². The van der Waals surface area contributed by atoms with Crippen LogP contribution in [0.1, 0.15) is 63.7 Å². The van der Waals surface area contributed by atoms with Crippen LogP contribution in [0.25, 0.3) is 6.08 Å². The summed E-state index contributed by atoms with van der Waals surface area (Å²) < 4.78 is 0. The second kappa shape index (κ2) is 7.14. The van der Waals surface area contributed by atoms with Crippen molar-refractivity contribution in [3.63, 3.8) is 0 Å². The Morgan fingerprint density at radius 2 is 2.13 bits per heavy atom. The number of benzene rings is 1. The average Bonchev–Trinajstić information content (AvgIpc) is 2.45. The topological polar surface area (TPSA) is 70.1 Å². The number of nitrogens with one attached hydrogen (secondary N) is 1. The summed E-state index contributed by atoms with van der Waals surface area (Å²) >= 11 is 0. The molecule has 0 bridgehead atoms. The Morgan fingerprint density at radius 3 is 2.78 bits per heavy atom. The third-order valence-electron chi connectivity index (χ3n) is 4.69. The van der Waals surface area contributed by atoms with E-state index in [1.807, 2.05) is 24.3 Å². The zero-order chi connectivity index (χ0) is 17.0. The maximum absolute atomic E-state index is 10.1. The highest BCUT2D eigenvalue weighted by Crippen LogP contribution is 2.40. The first-order valence-electron chi connectivity index (χ1n) is 8.29. The molecule has 0 spiro atoms. The van der Waals surface area contributed by atoms with Crippen molar-refractivity contribution in [3.05, 3.63) is 52.6 Å². The van der Waals surface area contributed by atoms with Crippen molar-refractivity contribution in [2.24, 2.45) is 11.1 Å².